The number of carbonyl (C=O) groups is 1. The topological polar surface area (TPSA) is 84.6 Å². The zero-order valence-electron chi connectivity index (χ0n) is 10.0. The standard InChI is InChI=1S/C12H14Cl2N2O3/c13-6-3-7-9(16-5-10(17)12(15)18)1-2-19-11(7)8(14)4-6/h3-4,9-10,16-17H,1-2,5H2,(H2,15,18). The predicted octanol–water partition coefficient (Wildman–Crippen LogP) is 1.25. The van der Waals surface area contributed by atoms with E-state index in [1.807, 2.05) is 0 Å². The number of ether oxygens (including phenoxy) is 1. The molecule has 19 heavy (non-hydrogen) atoms. The zero-order chi connectivity index (χ0) is 14.0. The molecule has 1 aromatic rings. The summed E-state index contributed by atoms with van der Waals surface area (Å²) in [5, 5.41) is 13.4. The Kier molecular flexibility index (Phi) is 4.52. The normalized spacial score (nSPS) is 19.4. The molecule has 0 saturated heterocycles. The smallest absolute Gasteiger partial charge is 0.247 e. The molecular formula is C12H14Cl2N2O3. The van der Waals surface area contributed by atoms with Gasteiger partial charge in [0.2, 0.25) is 5.91 Å². The molecule has 1 heterocycles. The third kappa shape index (κ3) is 3.30. The van der Waals surface area contributed by atoms with Crippen LogP contribution in [0.25, 0.3) is 0 Å². The number of nitrogens with one attached hydrogen (secondary N) is 1. The molecule has 0 aromatic heterocycles. The second-order valence-corrected chi connectivity index (χ2v) is 5.17. The molecule has 0 aliphatic carbocycles. The van der Waals surface area contributed by atoms with Crippen molar-refractivity contribution in [2.45, 2.75) is 18.6 Å². The third-order valence-electron chi connectivity index (χ3n) is 2.95. The summed E-state index contributed by atoms with van der Waals surface area (Å²) >= 11 is 12.0. The first kappa shape index (κ1) is 14.4. The summed E-state index contributed by atoms with van der Waals surface area (Å²) in [5.74, 6) is -0.174. The minimum Gasteiger partial charge on any atom is -0.492 e. The van der Waals surface area contributed by atoms with Crippen LogP contribution in [0.15, 0.2) is 12.1 Å². The van der Waals surface area contributed by atoms with Gasteiger partial charge in [-0.25, -0.2) is 0 Å². The van der Waals surface area contributed by atoms with E-state index >= 15 is 0 Å². The molecule has 5 nitrogen and oxygen atoms in total. The molecule has 7 heteroatoms. The van der Waals surface area contributed by atoms with Crippen LogP contribution < -0.4 is 15.8 Å². The number of fused-ring (bicyclic) bond motifs is 1. The van der Waals surface area contributed by atoms with Crippen molar-refractivity contribution >= 4 is 29.1 Å². The molecule has 0 fully saturated rings. The highest BCUT2D eigenvalue weighted by atomic mass is 35.5. The Morgan fingerprint density at radius 2 is 2.32 bits per heavy atom. The summed E-state index contributed by atoms with van der Waals surface area (Å²) in [6.07, 6.45) is -0.532. The van der Waals surface area contributed by atoms with E-state index in [0.29, 0.717) is 28.8 Å². The summed E-state index contributed by atoms with van der Waals surface area (Å²) in [4.78, 5) is 10.8. The van der Waals surface area contributed by atoms with E-state index in [0.717, 1.165) is 5.56 Å². The van der Waals surface area contributed by atoms with Crippen molar-refractivity contribution in [2.75, 3.05) is 13.2 Å². The summed E-state index contributed by atoms with van der Waals surface area (Å²) in [6, 6.07) is 3.28. The Hall–Kier alpha value is -1.01. The number of halogens is 2. The van der Waals surface area contributed by atoms with Gasteiger partial charge in [-0.2, -0.15) is 0 Å². The Balaban J connectivity index is 2.16. The summed E-state index contributed by atoms with van der Waals surface area (Å²) in [5.41, 5.74) is 5.82. The quantitative estimate of drug-likeness (QED) is 0.781. The lowest BCUT2D eigenvalue weighted by Crippen LogP contribution is -2.40. The highest BCUT2D eigenvalue weighted by Crippen LogP contribution is 2.39. The van der Waals surface area contributed by atoms with Gasteiger partial charge in [-0.1, -0.05) is 23.2 Å². The predicted molar refractivity (Wildman–Crippen MR) is 72.5 cm³/mol. The third-order valence-corrected chi connectivity index (χ3v) is 3.45. The van der Waals surface area contributed by atoms with Gasteiger partial charge in [0.25, 0.3) is 0 Å². The fraction of sp³-hybridized carbons (Fsp3) is 0.417. The molecule has 2 atom stereocenters. The molecule has 1 aliphatic heterocycles. The van der Waals surface area contributed by atoms with E-state index in [1.165, 1.54) is 0 Å². The molecular weight excluding hydrogens is 291 g/mol. The second kappa shape index (κ2) is 5.96. The number of nitrogens with two attached hydrogens (primary N) is 1. The molecule has 104 valence electrons. The number of primary amides is 1. The molecule has 2 unspecified atom stereocenters. The monoisotopic (exact) mass is 304 g/mol. The van der Waals surface area contributed by atoms with Crippen LogP contribution in [0.5, 0.6) is 5.75 Å². The van der Waals surface area contributed by atoms with Crippen LogP contribution >= 0.6 is 23.2 Å². The first-order valence-electron chi connectivity index (χ1n) is 5.81. The average molecular weight is 305 g/mol. The first-order chi connectivity index (χ1) is 8.99. The van der Waals surface area contributed by atoms with E-state index in [2.05, 4.69) is 5.32 Å². The molecule has 0 radical (unpaired) electrons. The largest absolute Gasteiger partial charge is 0.492 e. The molecule has 1 aromatic carbocycles. The van der Waals surface area contributed by atoms with Crippen molar-refractivity contribution in [2.24, 2.45) is 5.73 Å². The summed E-state index contributed by atoms with van der Waals surface area (Å²) in [6.45, 7) is 0.572. The number of benzene rings is 1. The van der Waals surface area contributed by atoms with Crippen molar-refractivity contribution in [1.82, 2.24) is 5.32 Å². The van der Waals surface area contributed by atoms with Gasteiger partial charge in [0.05, 0.1) is 11.6 Å². The highest BCUT2D eigenvalue weighted by molar-refractivity contribution is 6.35. The van der Waals surface area contributed by atoms with Crippen molar-refractivity contribution in [3.63, 3.8) is 0 Å². The van der Waals surface area contributed by atoms with E-state index in [1.54, 1.807) is 12.1 Å². The maximum atomic E-state index is 10.8. The van der Waals surface area contributed by atoms with Gasteiger partial charge in [-0.3, -0.25) is 4.79 Å². The van der Waals surface area contributed by atoms with Crippen molar-refractivity contribution in [1.29, 1.82) is 0 Å². The maximum absolute atomic E-state index is 10.8. The molecule has 1 amide bonds. The minimum atomic E-state index is -1.22. The lowest BCUT2D eigenvalue weighted by molar-refractivity contribution is -0.125. The lowest BCUT2D eigenvalue weighted by atomic mass is 10.0. The van der Waals surface area contributed by atoms with Gasteiger partial charge in [0.1, 0.15) is 11.9 Å². The van der Waals surface area contributed by atoms with Crippen molar-refractivity contribution in [3.8, 4) is 5.75 Å². The van der Waals surface area contributed by atoms with Crippen LogP contribution in [-0.4, -0.2) is 30.3 Å². The van der Waals surface area contributed by atoms with E-state index in [-0.39, 0.29) is 12.6 Å². The number of aliphatic hydroxyl groups is 1. The maximum Gasteiger partial charge on any atom is 0.247 e. The molecule has 0 saturated carbocycles. The average Bonchev–Trinajstić information content (AvgIpc) is 2.35. The van der Waals surface area contributed by atoms with Gasteiger partial charge >= 0.3 is 0 Å². The molecule has 2 rings (SSSR count). The van der Waals surface area contributed by atoms with Crippen LogP contribution in [-0.2, 0) is 4.79 Å². The van der Waals surface area contributed by atoms with Crippen LogP contribution in [0.4, 0.5) is 0 Å². The fourth-order valence-corrected chi connectivity index (χ4v) is 2.56. The van der Waals surface area contributed by atoms with Crippen LogP contribution in [0.1, 0.15) is 18.0 Å². The number of hydrogen-bond donors (Lipinski definition) is 3. The fourth-order valence-electron chi connectivity index (χ4n) is 1.99. The van der Waals surface area contributed by atoms with Crippen molar-refractivity contribution in [3.05, 3.63) is 27.7 Å². The minimum absolute atomic E-state index is 0.0730. The van der Waals surface area contributed by atoms with E-state index < -0.39 is 12.0 Å². The van der Waals surface area contributed by atoms with Gasteiger partial charge in [-0.15, -0.1) is 0 Å². The summed E-state index contributed by atoms with van der Waals surface area (Å²) in [7, 11) is 0. The number of amides is 1. The molecule has 0 bridgehead atoms. The number of rotatable bonds is 4. The Bertz CT molecular complexity index is 496. The van der Waals surface area contributed by atoms with Crippen LogP contribution in [0, 0.1) is 0 Å². The van der Waals surface area contributed by atoms with E-state index in [9.17, 15) is 9.90 Å². The van der Waals surface area contributed by atoms with Crippen LogP contribution in [0.2, 0.25) is 10.0 Å². The van der Waals surface area contributed by atoms with Crippen molar-refractivity contribution < 1.29 is 14.6 Å². The van der Waals surface area contributed by atoms with E-state index in [4.69, 9.17) is 33.7 Å². The lowest BCUT2D eigenvalue weighted by Gasteiger charge is -2.28. The Morgan fingerprint density at radius 3 is 3.00 bits per heavy atom. The van der Waals surface area contributed by atoms with Gasteiger partial charge in [0.15, 0.2) is 0 Å². The first-order valence-corrected chi connectivity index (χ1v) is 6.57. The van der Waals surface area contributed by atoms with Gasteiger partial charge < -0.3 is 20.9 Å². The molecule has 0 spiro atoms. The zero-order valence-corrected chi connectivity index (χ0v) is 11.5. The molecule has 1 aliphatic rings. The highest BCUT2D eigenvalue weighted by Gasteiger charge is 2.25. The summed E-state index contributed by atoms with van der Waals surface area (Å²) < 4.78 is 5.51. The number of carbonyl (C=O) groups excluding carboxylic acids is 1. The molecule has 4 N–H and O–H groups in total. The number of hydrogen-bond acceptors (Lipinski definition) is 4. The SMILES string of the molecule is NC(=O)C(O)CNC1CCOc2c(Cl)cc(Cl)cc21. The number of aliphatic hydroxyl groups excluding tert-OH is 1. The Labute approximate surface area is 120 Å². The van der Waals surface area contributed by atoms with Crippen LogP contribution in [0.3, 0.4) is 0 Å². The second-order valence-electron chi connectivity index (χ2n) is 4.32. The van der Waals surface area contributed by atoms with Gasteiger partial charge in [0, 0.05) is 29.6 Å². The van der Waals surface area contributed by atoms with Gasteiger partial charge in [-0.05, 0) is 12.1 Å². The Morgan fingerprint density at radius 1 is 1.58 bits per heavy atom.